The molecule has 0 N–H and O–H groups in total. The number of rotatable bonds is 6. The molecule has 0 aromatic heterocycles. The standard InChI is InChI=1S/C20H30N2O5S/c1-16(2)15-27-20(23)18-14-17(28(24,25)22-10-12-26-13-11-22)6-7-19(18)21-8-4-3-5-9-21/h6-7,14,16H,3-5,8-13,15H2,1-2H3. The van der Waals surface area contributed by atoms with Crippen molar-refractivity contribution in [2.45, 2.75) is 38.0 Å². The highest BCUT2D eigenvalue weighted by Crippen LogP contribution is 2.29. The largest absolute Gasteiger partial charge is 0.462 e. The van der Waals surface area contributed by atoms with Crippen molar-refractivity contribution in [1.82, 2.24) is 4.31 Å². The summed E-state index contributed by atoms with van der Waals surface area (Å²) in [5, 5.41) is 0. The first kappa shape index (κ1) is 21.1. The van der Waals surface area contributed by atoms with Gasteiger partial charge in [0.2, 0.25) is 10.0 Å². The Labute approximate surface area is 167 Å². The lowest BCUT2D eigenvalue weighted by Crippen LogP contribution is -2.40. The van der Waals surface area contributed by atoms with Gasteiger partial charge >= 0.3 is 5.97 Å². The molecule has 0 aliphatic carbocycles. The maximum Gasteiger partial charge on any atom is 0.340 e. The molecule has 28 heavy (non-hydrogen) atoms. The molecule has 1 aromatic rings. The molecule has 7 nitrogen and oxygen atoms in total. The van der Waals surface area contributed by atoms with Crippen molar-refractivity contribution >= 4 is 21.7 Å². The van der Waals surface area contributed by atoms with E-state index in [1.165, 1.54) is 16.8 Å². The number of benzene rings is 1. The van der Waals surface area contributed by atoms with Crippen molar-refractivity contribution in [3.8, 4) is 0 Å². The van der Waals surface area contributed by atoms with E-state index >= 15 is 0 Å². The highest BCUT2D eigenvalue weighted by Gasteiger charge is 2.29. The predicted octanol–water partition coefficient (Wildman–Crippen LogP) is 2.51. The summed E-state index contributed by atoms with van der Waals surface area (Å²) in [7, 11) is -3.67. The number of ether oxygens (including phenoxy) is 2. The lowest BCUT2D eigenvalue weighted by Gasteiger charge is -2.31. The topological polar surface area (TPSA) is 76.2 Å². The molecule has 0 unspecified atom stereocenters. The highest BCUT2D eigenvalue weighted by atomic mass is 32.2. The van der Waals surface area contributed by atoms with Crippen LogP contribution in [0.2, 0.25) is 0 Å². The number of esters is 1. The lowest BCUT2D eigenvalue weighted by atomic mass is 10.1. The maximum atomic E-state index is 13.0. The average Bonchev–Trinajstić information content (AvgIpc) is 2.72. The van der Waals surface area contributed by atoms with Crippen molar-refractivity contribution in [2.24, 2.45) is 5.92 Å². The van der Waals surface area contributed by atoms with Gasteiger partial charge in [-0.05, 0) is 43.4 Å². The van der Waals surface area contributed by atoms with Gasteiger partial charge in [0, 0.05) is 26.2 Å². The fraction of sp³-hybridized carbons (Fsp3) is 0.650. The maximum absolute atomic E-state index is 13.0. The smallest absolute Gasteiger partial charge is 0.340 e. The van der Waals surface area contributed by atoms with Gasteiger partial charge in [0.1, 0.15) is 0 Å². The molecule has 0 radical (unpaired) electrons. The van der Waals surface area contributed by atoms with Gasteiger partial charge in [0.25, 0.3) is 0 Å². The number of carbonyl (C=O) groups excluding carboxylic acids is 1. The Bertz CT molecular complexity index is 782. The Morgan fingerprint density at radius 1 is 1.11 bits per heavy atom. The summed E-state index contributed by atoms with van der Waals surface area (Å²) in [6.45, 7) is 7.38. The molecule has 1 aromatic carbocycles. The molecule has 3 rings (SSSR count). The zero-order valence-electron chi connectivity index (χ0n) is 16.7. The van der Waals surface area contributed by atoms with Gasteiger partial charge in [-0.2, -0.15) is 4.31 Å². The number of nitrogens with zero attached hydrogens (tertiary/aromatic N) is 2. The molecule has 2 aliphatic rings. The van der Waals surface area contributed by atoms with Gasteiger partial charge in [0.15, 0.2) is 0 Å². The molecule has 0 saturated carbocycles. The number of morpholine rings is 1. The molecule has 0 spiro atoms. The third kappa shape index (κ3) is 4.85. The van der Waals surface area contributed by atoms with E-state index in [1.807, 2.05) is 13.8 Å². The second-order valence-corrected chi connectivity index (χ2v) is 9.67. The van der Waals surface area contributed by atoms with Crippen LogP contribution >= 0.6 is 0 Å². The Morgan fingerprint density at radius 3 is 2.43 bits per heavy atom. The van der Waals surface area contributed by atoms with Crippen molar-refractivity contribution in [2.75, 3.05) is 50.9 Å². The number of anilines is 1. The molecule has 8 heteroatoms. The number of sulfonamides is 1. The number of piperidine rings is 1. The molecule has 0 atom stereocenters. The summed E-state index contributed by atoms with van der Waals surface area (Å²) < 4.78 is 38.2. The van der Waals surface area contributed by atoms with Crippen LogP contribution < -0.4 is 4.90 Å². The van der Waals surface area contributed by atoms with Crippen LogP contribution in [0.4, 0.5) is 5.69 Å². The molecule has 156 valence electrons. The summed E-state index contributed by atoms with van der Waals surface area (Å²) in [4.78, 5) is 15.1. The van der Waals surface area contributed by atoms with E-state index in [1.54, 1.807) is 12.1 Å². The second-order valence-electron chi connectivity index (χ2n) is 7.74. The van der Waals surface area contributed by atoms with E-state index in [9.17, 15) is 13.2 Å². The molecule has 2 saturated heterocycles. The molecule has 2 heterocycles. The minimum atomic E-state index is -3.67. The van der Waals surface area contributed by atoms with Crippen LogP contribution in [0.5, 0.6) is 0 Å². The fourth-order valence-corrected chi connectivity index (χ4v) is 4.94. The van der Waals surface area contributed by atoms with E-state index in [2.05, 4.69) is 4.90 Å². The first-order valence-corrected chi connectivity index (χ1v) is 11.5. The van der Waals surface area contributed by atoms with Crippen molar-refractivity contribution in [1.29, 1.82) is 0 Å². The van der Waals surface area contributed by atoms with E-state index in [4.69, 9.17) is 9.47 Å². The minimum absolute atomic E-state index is 0.131. The molecule has 0 amide bonds. The Morgan fingerprint density at radius 2 is 1.79 bits per heavy atom. The average molecular weight is 411 g/mol. The molecule has 0 bridgehead atoms. The Hall–Kier alpha value is -1.64. The third-order valence-corrected chi connectivity index (χ3v) is 6.93. The Balaban J connectivity index is 1.94. The van der Waals surface area contributed by atoms with Crippen LogP contribution in [0, 0.1) is 5.92 Å². The van der Waals surface area contributed by atoms with Crippen LogP contribution in [0.3, 0.4) is 0 Å². The number of hydrogen-bond acceptors (Lipinski definition) is 6. The third-order valence-electron chi connectivity index (χ3n) is 5.04. The second kappa shape index (κ2) is 9.24. The summed E-state index contributed by atoms with van der Waals surface area (Å²) in [5.41, 5.74) is 1.09. The zero-order chi connectivity index (χ0) is 20.1. The molecular weight excluding hydrogens is 380 g/mol. The van der Waals surface area contributed by atoms with E-state index < -0.39 is 16.0 Å². The van der Waals surface area contributed by atoms with Crippen LogP contribution in [-0.4, -0.2) is 64.7 Å². The molecule has 2 aliphatic heterocycles. The van der Waals surface area contributed by atoms with E-state index in [0.29, 0.717) is 38.5 Å². The summed E-state index contributed by atoms with van der Waals surface area (Å²) in [6.07, 6.45) is 3.30. The van der Waals surface area contributed by atoms with Gasteiger partial charge in [0.05, 0.1) is 36.0 Å². The molecular formula is C20H30N2O5S. The van der Waals surface area contributed by atoms with Crippen molar-refractivity contribution in [3.05, 3.63) is 23.8 Å². The van der Waals surface area contributed by atoms with Crippen molar-refractivity contribution in [3.63, 3.8) is 0 Å². The quantitative estimate of drug-likeness (QED) is 0.671. The van der Waals surface area contributed by atoms with Gasteiger partial charge < -0.3 is 14.4 Å². The number of hydrogen-bond donors (Lipinski definition) is 0. The number of carbonyl (C=O) groups is 1. The van der Waals surface area contributed by atoms with Crippen LogP contribution in [0.25, 0.3) is 0 Å². The zero-order valence-corrected chi connectivity index (χ0v) is 17.5. The van der Waals surface area contributed by atoms with Crippen molar-refractivity contribution < 1.29 is 22.7 Å². The lowest BCUT2D eigenvalue weighted by molar-refractivity contribution is 0.0459. The molecule has 2 fully saturated rings. The highest BCUT2D eigenvalue weighted by molar-refractivity contribution is 7.89. The SMILES string of the molecule is CC(C)COC(=O)c1cc(S(=O)(=O)N2CCOCC2)ccc1N1CCCCC1. The van der Waals surface area contributed by atoms with Gasteiger partial charge in [-0.15, -0.1) is 0 Å². The Kier molecular flexibility index (Phi) is 6.95. The van der Waals surface area contributed by atoms with Gasteiger partial charge in [-0.1, -0.05) is 13.8 Å². The van der Waals surface area contributed by atoms with Crippen LogP contribution in [-0.2, 0) is 19.5 Å². The van der Waals surface area contributed by atoms with Crippen LogP contribution in [0.15, 0.2) is 23.1 Å². The fourth-order valence-electron chi connectivity index (χ4n) is 3.51. The monoisotopic (exact) mass is 410 g/mol. The van der Waals surface area contributed by atoms with Gasteiger partial charge in [-0.25, -0.2) is 13.2 Å². The summed E-state index contributed by atoms with van der Waals surface area (Å²) in [5.74, 6) is -0.254. The first-order valence-electron chi connectivity index (χ1n) is 10.0. The summed E-state index contributed by atoms with van der Waals surface area (Å²) in [6, 6.07) is 4.84. The van der Waals surface area contributed by atoms with Crippen LogP contribution in [0.1, 0.15) is 43.5 Å². The predicted molar refractivity (Wildman–Crippen MR) is 107 cm³/mol. The van der Waals surface area contributed by atoms with E-state index in [0.717, 1.165) is 31.6 Å². The first-order chi connectivity index (χ1) is 13.4. The normalized spacial score (nSPS) is 19.0. The van der Waals surface area contributed by atoms with E-state index in [-0.39, 0.29) is 10.8 Å². The summed E-state index contributed by atoms with van der Waals surface area (Å²) >= 11 is 0. The minimum Gasteiger partial charge on any atom is -0.462 e. The van der Waals surface area contributed by atoms with Gasteiger partial charge in [-0.3, -0.25) is 0 Å².